The van der Waals surface area contributed by atoms with E-state index >= 15 is 0 Å². The van der Waals surface area contributed by atoms with Gasteiger partial charge in [-0.2, -0.15) is 5.10 Å². The van der Waals surface area contributed by atoms with Crippen molar-refractivity contribution in [1.82, 2.24) is 9.78 Å². The van der Waals surface area contributed by atoms with Gasteiger partial charge < -0.3 is 10.4 Å². The number of rotatable bonds is 4. The van der Waals surface area contributed by atoms with Gasteiger partial charge in [-0.05, 0) is 18.8 Å². The molecule has 2 rings (SSSR count). The van der Waals surface area contributed by atoms with Crippen LogP contribution in [0.5, 0.6) is 0 Å². The van der Waals surface area contributed by atoms with Gasteiger partial charge in [-0.15, -0.1) is 0 Å². The van der Waals surface area contributed by atoms with E-state index in [2.05, 4.69) is 17.3 Å². The smallest absolute Gasteiger partial charge is 0.287 e. The highest BCUT2D eigenvalue weighted by molar-refractivity contribution is 6.32. The number of halogens is 1. The Morgan fingerprint density at radius 1 is 1.65 bits per heavy atom. The lowest BCUT2D eigenvalue weighted by Crippen LogP contribution is -2.35. The lowest BCUT2D eigenvalue weighted by Gasteiger charge is -2.34. The lowest BCUT2D eigenvalue weighted by atomic mass is 9.82. The topological polar surface area (TPSA) is 67.2 Å². The maximum absolute atomic E-state index is 11.7. The molecule has 17 heavy (non-hydrogen) atoms. The molecule has 5 nitrogen and oxygen atoms in total. The van der Waals surface area contributed by atoms with Gasteiger partial charge in [0.2, 0.25) is 0 Å². The Labute approximate surface area is 104 Å². The molecule has 6 heteroatoms. The molecule has 1 heterocycles. The highest BCUT2D eigenvalue weighted by Crippen LogP contribution is 2.30. The molecule has 0 unspecified atom stereocenters. The molecule has 0 radical (unpaired) electrons. The van der Waals surface area contributed by atoms with Gasteiger partial charge in [0.1, 0.15) is 5.02 Å². The molecule has 0 amide bonds. The average molecular weight is 258 g/mol. The van der Waals surface area contributed by atoms with Gasteiger partial charge >= 0.3 is 0 Å². The second-order valence-electron chi connectivity index (χ2n) is 4.54. The quantitative estimate of drug-likeness (QED) is 0.848. The Kier molecular flexibility index (Phi) is 3.69. The van der Waals surface area contributed by atoms with Crippen molar-refractivity contribution in [3.8, 4) is 0 Å². The van der Waals surface area contributed by atoms with Crippen LogP contribution >= 0.6 is 11.6 Å². The molecular formula is C11H16ClN3O2. The van der Waals surface area contributed by atoms with E-state index in [1.54, 1.807) is 6.20 Å². The zero-order chi connectivity index (χ0) is 12.4. The third-order valence-corrected chi connectivity index (χ3v) is 3.40. The maximum atomic E-state index is 11.7. The molecule has 1 saturated carbocycles. The second kappa shape index (κ2) is 5.06. The largest absolute Gasteiger partial charge is 0.394 e. The summed E-state index contributed by atoms with van der Waals surface area (Å²) in [7, 11) is 0. The van der Waals surface area contributed by atoms with Gasteiger partial charge in [-0.1, -0.05) is 18.5 Å². The van der Waals surface area contributed by atoms with Crippen molar-refractivity contribution in [3.63, 3.8) is 0 Å². The van der Waals surface area contributed by atoms with E-state index in [1.165, 1.54) is 0 Å². The van der Waals surface area contributed by atoms with Crippen LogP contribution in [0.1, 0.15) is 19.8 Å². The summed E-state index contributed by atoms with van der Waals surface area (Å²) in [5.41, 5.74) is 0.223. The van der Waals surface area contributed by atoms with Gasteiger partial charge in [-0.3, -0.25) is 4.79 Å². The Morgan fingerprint density at radius 2 is 2.35 bits per heavy atom. The molecule has 1 aliphatic carbocycles. The van der Waals surface area contributed by atoms with Crippen LogP contribution in [-0.2, 0) is 6.54 Å². The Hall–Kier alpha value is -1.07. The fourth-order valence-corrected chi connectivity index (χ4v) is 2.26. The predicted molar refractivity (Wildman–Crippen MR) is 66.4 cm³/mol. The molecule has 0 saturated heterocycles. The first-order valence-corrected chi connectivity index (χ1v) is 6.12. The molecule has 0 bridgehead atoms. The molecule has 0 aromatic carbocycles. The fraction of sp³-hybridized carbons (Fsp3) is 0.636. The van der Waals surface area contributed by atoms with Crippen LogP contribution in [0.4, 0.5) is 5.69 Å². The molecule has 1 fully saturated rings. The molecule has 0 atom stereocenters. The molecule has 1 aromatic heterocycles. The van der Waals surface area contributed by atoms with Crippen molar-refractivity contribution in [2.24, 2.45) is 5.92 Å². The first-order chi connectivity index (χ1) is 8.11. The van der Waals surface area contributed by atoms with Crippen LogP contribution in [0, 0.1) is 5.92 Å². The van der Waals surface area contributed by atoms with E-state index in [9.17, 15) is 4.79 Å². The van der Waals surface area contributed by atoms with Crippen LogP contribution in [-0.4, -0.2) is 27.5 Å². The molecule has 0 spiro atoms. The number of aromatic nitrogens is 2. The second-order valence-corrected chi connectivity index (χ2v) is 4.92. The van der Waals surface area contributed by atoms with E-state index in [-0.39, 0.29) is 23.7 Å². The summed E-state index contributed by atoms with van der Waals surface area (Å²) in [4.78, 5) is 11.7. The summed E-state index contributed by atoms with van der Waals surface area (Å²) in [6.07, 6.45) is 3.73. The lowest BCUT2D eigenvalue weighted by molar-refractivity contribution is 0.266. The minimum Gasteiger partial charge on any atom is -0.394 e. The number of hydrogen-bond donors (Lipinski definition) is 2. The normalized spacial score (nSPS) is 23.2. The Bertz CT molecular complexity index is 455. The summed E-state index contributed by atoms with van der Waals surface area (Å²) in [5.74, 6) is 0.731. The summed E-state index contributed by atoms with van der Waals surface area (Å²) < 4.78 is 1.16. The molecule has 1 aromatic rings. The van der Waals surface area contributed by atoms with Gasteiger partial charge in [0.05, 0.1) is 25.0 Å². The summed E-state index contributed by atoms with van der Waals surface area (Å²) in [6, 6.07) is 0.386. The van der Waals surface area contributed by atoms with E-state index < -0.39 is 0 Å². The number of aliphatic hydroxyl groups is 1. The first-order valence-electron chi connectivity index (χ1n) is 5.75. The number of nitrogens with zero attached hydrogens (tertiary/aromatic N) is 2. The third-order valence-electron chi connectivity index (χ3n) is 3.03. The predicted octanol–water partition coefficient (Wildman–Crippen LogP) is 1.10. The SMILES string of the molecule is CC1CC(Nc2cnn(CCO)c(=O)c2Cl)C1. The zero-order valence-corrected chi connectivity index (χ0v) is 10.4. The number of aliphatic hydroxyl groups excluding tert-OH is 1. The van der Waals surface area contributed by atoms with Crippen LogP contribution in [0.25, 0.3) is 0 Å². The molecule has 2 N–H and O–H groups in total. The summed E-state index contributed by atoms with van der Waals surface area (Å²) in [6.45, 7) is 2.23. The van der Waals surface area contributed by atoms with E-state index in [1.807, 2.05) is 0 Å². The zero-order valence-electron chi connectivity index (χ0n) is 9.69. The van der Waals surface area contributed by atoms with Crippen LogP contribution in [0.2, 0.25) is 5.02 Å². The standard InChI is InChI=1S/C11H16ClN3O2/c1-7-4-8(5-7)14-9-6-13-15(2-3-16)11(17)10(9)12/h6-8,14,16H,2-5H2,1H3. The minimum absolute atomic E-state index is 0.129. The maximum Gasteiger partial charge on any atom is 0.287 e. The van der Waals surface area contributed by atoms with Crippen LogP contribution in [0.15, 0.2) is 11.0 Å². The van der Waals surface area contributed by atoms with Crippen molar-refractivity contribution in [2.45, 2.75) is 32.4 Å². The number of nitrogens with one attached hydrogen (secondary N) is 1. The van der Waals surface area contributed by atoms with E-state index in [0.717, 1.165) is 23.4 Å². The fourth-order valence-electron chi connectivity index (χ4n) is 2.06. The minimum atomic E-state index is -0.363. The molecular weight excluding hydrogens is 242 g/mol. The monoisotopic (exact) mass is 257 g/mol. The summed E-state index contributed by atoms with van der Waals surface area (Å²) >= 11 is 5.98. The average Bonchev–Trinajstić information content (AvgIpc) is 2.26. The molecule has 94 valence electrons. The van der Waals surface area contributed by atoms with Gasteiger partial charge in [0.15, 0.2) is 0 Å². The van der Waals surface area contributed by atoms with E-state index in [4.69, 9.17) is 16.7 Å². The van der Waals surface area contributed by atoms with Gasteiger partial charge in [0.25, 0.3) is 5.56 Å². The third kappa shape index (κ3) is 2.61. The van der Waals surface area contributed by atoms with E-state index in [0.29, 0.717) is 11.7 Å². The molecule has 0 aliphatic heterocycles. The highest BCUT2D eigenvalue weighted by Gasteiger charge is 2.26. The molecule has 1 aliphatic rings. The van der Waals surface area contributed by atoms with Crippen molar-refractivity contribution in [1.29, 1.82) is 0 Å². The first kappa shape index (κ1) is 12.4. The number of hydrogen-bond acceptors (Lipinski definition) is 4. The Morgan fingerprint density at radius 3 is 2.94 bits per heavy atom. The van der Waals surface area contributed by atoms with Gasteiger partial charge in [-0.25, -0.2) is 4.68 Å². The van der Waals surface area contributed by atoms with Crippen molar-refractivity contribution in [3.05, 3.63) is 21.6 Å². The highest BCUT2D eigenvalue weighted by atomic mass is 35.5. The van der Waals surface area contributed by atoms with Crippen LogP contribution < -0.4 is 10.9 Å². The Balaban J connectivity index is 2.13. The van der Waals surface area contributed by atoms with Crippen molar-refractivity contribution < 1.29 is 5.11 Å². The van der Waals surface area contributed by atoms with Crippen LogP contribution in [0.3, 0.4) is 0 Å². The summed E-state index contributed by atoms with van der Waals surface area (Å²) in [5, 5.41) is 16.1. The van der Waals surface area contributed by atoms with Gasteiger partial charge in [0, 0.05) is 6.04 Å². The number of anilines is 1. The van der Waals surface area contributed by atoms with Crippen molar-refractivity contribution in [2.75, 3.05) is 11.9 Å². The van der Waals surface area contributed by atoms with Crippen molar-refractivity contribution >= 4 is 17.3 Å².